The molecule has 9 nitrogen and oxygen atoms in total. The molecule has 0 radical (unpaired) electrons. The molecule has 0 amide bonds. The van der Waals surface area contributed by atoms with Gasteiger partial charge < -0.3 is 19.7 Å². The van der Waals surface area contributed by atoms with Gasteiger partial charge in [-0.1, -0.05) is 23.4 Å². The average molecular weight is 395 g/mol. The molecule has 0 bridgehead atoms. The standard InChI is InChI=1S/C20H17N3O6/c1-13-4-2-3-5-17(13)27-12-16-10-11-18(28-16)20(24)29-22-19(21)14-6-8-15(9-7-14)23(25)26/h2-11H,12H2,1H3,(H2,21,22). The number of furan rings is 1. The first-order valence-electron chi connectivity index (χ1n) is 8.51. The van der Waals surface area contributed by atoms with E-state index in [0.717, 1.165) is 5.56 Å². The Bertz CT molecular complexity index is 1060. The van der Waals surface area contributed by atoms with Crippen LogP contribution in [0.2, 0.25) is 0 Å². The maximum Gasteiger partial charge on any atom is 0.400 e. The van der Waals surface area contributed by atoms with Crippen LogP contribution in [0.5, 0.6) is 5.75 Å². The van der Waals surface area contributed by atoms with E-state index in [1.807, 2.05) is 31.2 Å². The molecule has 1 heterocycles. The van der Waals surface area contributed by atoms with Gasteiger partial charge >= 0.3 is 5.97 Å². The lowest BCUT2D eigenvalue weighted by Gasteiger charge is -2.06. The third kappa shape index (κ3) is 4.98. The van der Waals surface area contributed by atoms with Crippen LogP contribution >= 0.6 is 0 Å². The van der Waals surface area contributed by atoms with Crippen LogP contribution in [-0.4, -0.2) is 16.7 Å². The normalized spacial score (nSPS) is 11.1. The van der Waals surface area contributed by atoms with E-state index < -0.39 is 10.9 Å². The largest absolute Gasteiger partial charge is 0.485 e. The molecule has 3 rings (SSSR count). The van der Waals surface area contributed by atoms with E-state index in [9.17, 15) is 14.9 Å². The molecule has 0 aliphatic heterocycles. The number of ether oxygens (including phenoxy) is 1. The number of hydrogen-bond donors (Lipinski definition) is 1. The SMILES string of the molecule is Cc1ccccc1OCc1ccc(C(=O)O/N=C(\N)c2ccc([N+](=O)[O-])cc2)o1. The molecular weight excluding hydrogens is 378 g/mol. The second-order valence-corrected chi connectivity index (χ2v) is 5.98. The Morgan fingerprint density at radius 3 is 2.55 bits per heavy atom. The van der Waals surface area contributed by atoms with Crippen molar-refractivity contribution in [2.24, 2.45) is 10.9 Å². The number of hydrogen-bond acceptors (Lipinski definition) is 7. The minimum Gasteiger partial charge on any atom is -0.485 e. The number of oxime groups is 1. The van der Waals surface area contributed by atoms with Crippen LogP contribution in [0, 0.1) is 17.0 Å². The van der Waals surface area contributed by atoms with Crippen LogP contribution in [0.4, 0.5) is 5.69 Å². The molecule has 0 saturated heterocycles. The first-order valence-corrected chi connectivity index (χ1v) is 8.51. The molecule has 1 aromatic heterocycles. The molecule has 0 atom stereocenters. The van der Waals surface area contributed by atoms with Gasteiger partial charge in [-0.05, 0) is 42.8 Å². The van der Waals surface area contributed by atoms with Crippen molar-refractivity contribution in [2.45, 2.75) is 13.5 Å². The third-order valence-electron chi connectivity index (χ3n) is 3.93. The Kier molecular flexibility index (Phi) is 5.88. The zero-order valence-electron chi connectivity index (χ0n) is 15.4. The predicted octanol–water partition coefficient (Wildman–Crippen LogP) is 3.55. The number of nitro benzene ring substituents is 1. The summed E-state index contributed by atoms with van der Waals surface area (Å²) in [6.07, 6.45) is 0. The van der Waals surface area contributed by atoms with Crippen molar-refractivity contribution in [3.8, 4) is 5.75 Å². The second-order valence-electron chi connectivity index (χ2n) is 5.98. The fraction of sp³-hybridized carbons (Fsp3) is 0.100. The summed E-state index contributed by atoms with van der Waals surface area (Å²) in [5, 5.41) is 14.2. The Labute approximate surface area is 165 Å². The number of nitrogens with zero attached hydrogens (tertiary/aromatic N) is 2. The summed E-state index contributed by atoms with van der Waals surface area (Å²) in [7, 11) is 0. The van der Waals surface area contributed by atoms with E-state index in [2.05, 4.69) is 5.16 Å². The number of aryl methyl sites for hydroxylation is 1. The minimum atomic E-state index is -0.836. The van der Waals surface area contributed by atoms with Crippen LogP contribution in [0.3, 0.4) is 0 Å². The van der Waals surface area contributed by atoms with Gasteiger partial charge in [-0.15, -0.1) is 0 Å². The number of carbonyl (C=O) groups excluding carboxylic acids is 1. The first-order chi connectivity index (χ1) is 13.9. The number of non-ortho nitro benzene ring substituents is 1. The molecular formula is C20H17N3O6. The molecule has 0 aliphatic carbocycles. The maximum atomic E-state index is 12.1. The fourth-order valence-electron chi connectivity index (χ4n) is 2.37. The summed E-state index contributed by atoms with van der Waals surface area (Å²) in [6.45, 7) is 2.07. The zero-order chi connectivity index (χ0) is 20.8. The van der Waals surface area contributed by atoms with E-state index >= 15 is 0 Å². The summed E-state index contributed by atoms with van der Waals surface area (Å²) < 4.78 is 11.1. The number of amidine groups is 1. The number of rotatable bonds is 7. The summed E-state index contributed by atoms with van der Waals surface area (Å²) in [4.78, 5) is 27.0. The lowest BCUT2D eigenvalue weighted by molar-refractivity contribution is -0.384. The highest BCUT2D eigenvalue weighted by atomic mass is 16.7. The van der Waals surface area contributed by atoms with Gasteiger partial charge in [-0.3, -0.25) is 10.1 Å². The van der Waals surface area contributed by atoms with Gasteiger partial charge in [0.2, 0.25) is 5.76 Å². The summed E-state index contributed by atoms with van der Waals surface area (Å²) in [5.74, 6) is 0.148. The average Bonchev–Trinajstić information content (AvgIpc) is 3.20. The molecule has 0 aliphatic rings. The molecule has 0 unspecified atom stereocenters. The molecule has 0 saturated carbocycles. The van der Waals surface area contributed by atoms with E-state index in [0.29, 0.717) is 17.1 Å². The molecule has 29 heavy (non-hydrogen) atoms. The summed E-state index contributed by atoms with van der Waals surface area (Å²) in [5.41, 5.74) is 6.99. The molecule has 3 aromatic rings. The Balaban J connectivity index is 1.58. The molecule has 0 spiro atoms. The van der Waals surface area contributed by atoms with E-state index in [-0.39, 0.29) is 23.9 Å². The van der Waals surface area contributed by atoms with E-state index in [1.54, 1.807) is 6.07 Å². The van der Waals surface area contributed by atoms with Crippen molar-refractivity contribution in [1.29, 1.82) is 0 Å². The van der Waals surface area contributed by atoms with Crippen molar-refractivity contribution < 1.29 is 23.7 Å². The number of nitrogens with two attached hydrogens (primary N) is 1. The van der Waals surface area contributed by atoms with Gasteiger partial charge in [0.05, 0.1) is 4.92 Å². The Morgan fingerprint density at radius 1 is 1.14 bits per heavy atom. The van der Waals surface area contributed by atoms with Crippen molar-refractivity contribution in [3.63, 3.8) is 0 Å². The first kappa shape index (κ1) is 19.6. The third-order valence-corrected chi connectivity index (χ3v) is 3.93. The fourth-order valence-corrected chi connectivity index (χ4v) is 2.37. The van der Waals surface area contributed by atoms with E-state index in [1.165, 1.54) is 30.3 Å². The highest BCUT2D eigenvalue weighted by Crippen LogP contribution is 2.19. The van der Waals surface area contributed by atoms with Crippen LogP contribution in [0.15, 0.2) is 70.2 Å². The highest BCUT2D eigenvalue weighted by molar-refractivity contribution is 5.98. The predicted molar refractivity (Wildman–Crippen MR) is 103 cm³/mol. The van der Waals surface area contributed by atoms with Gasteiger partial charge in [-0.25, -0.2) is 4.79 Å². The number of nitro groups is 1. The van der Waals surface area contributed by atoms with Gasteiger partial charge in [0.25, 0.3) is 5.69 Å². The van der Waals surface area contributed by atoms with E-state index in [4.69, 9.17) is 19.7 Å². The Morgan fingerprint density at radius 2 is 1.86 bits per heavy atom. The molecule has 2 N–H and O–H groups in total. The molecule has 2 aromatic carbocycles. The quantitative estimate of drug-likeness (QED) is 0.213. The Hall–Kier alpha value is -4.14. The van der Waals surface area contributed by atoms with Crippen molar-refractivity contribution >= 4 is 17.5 Å². The molecule has 9 heteroatoms. The lowest BCUT2D eigenvalue weighted by Crippen LogP contribution is -2.15. The monoisotopic (exact) mass is 395 g/mol. The van der Waals surface area contributed by atoms with Crippen LogP contribution in [0.1, 0.15) is 27.4 Å². The summed E-state index contributed by atoms with van der Waals surface area (Å²) in [6, 6.07) is 15.9. The lowest BCUT2D eigenvalue weighted by atomic mass is 10.2. The number of benzene rings is 2. The van der Waals surface area contributed by atoms with Crippen molar-refractivity contribution in [3.05, 3.63) is 93.4 Å². The minimum absolute atomic E-state index is 0.0615. The highest BCUT2D eigenvalue weighted by Gasteiger charge is 2.14. The van der Waals surface area contributed by atoms with Crippen LogP contribution < -0.4 is 10.5 Å². The van der Waals surface area contributed by atoms with Crippen LogP contribution in [-0.2, 0) is 11.4 Å². The maximum absolute atomic E-state index is 12.1. The number of para-hydroxylation sites is 1. The number of carbonyl (C=O) groups is 1. The topological polar surface area (TPSA) is 130 Å². The van der Waals surface area contributed by atoms with Gasteiger partial charge in [0.15, 0.2) is 5.84 Å². The molecule has 148 valence electrons. The summed E-state index contributed by atoms with van der Waals surface area (Å²) >= 11 is 0. The van der Waals surface area contributed by atoms with Gasteiger partial charge in [0, 0.05) is 17.7 Å². The smallest absolute Gasteiger partial charge is 0.400 e. The zero-order valence-corrected chi connectivity index (χ0v) is 15.4. The van der Waals surface area contributed by atoms with Gasteiger partial charge in [-0.2, -0.15) is 0 Å². The van der Waals surface area contributed by atoms with Crippen molar-refractivity contribution in [1.82, 2.24) is 0 Å². The van der Waals surface area contributed by atoms with Crippen molar-refractivity contribution in [2.75, 3.05) is 0 Å². The molecule has 0 fully saturated rings. The van der Waals surface area contributed by atoms with Gasteiger partial charge in [0.1, 0.15) is 18.1 Å². The van der Waals surface area contributed by atoms with Crippen LogP contribution in [0.25, 0.3) is 0 Å². The second kappa shape index (κ2) is 8.70.